The minimum absolute atomic E-state index is 0.106. The molecule has 0 bridgehead atoms. The molecule has 108 valence electrons. The molecule has 1 aliphatic heterocycles. The van der Waals surface area contributed by atoms with E-state index in [0.717, 1.165) is 18.5 Å². The second-order valence-corrected chi connectivity index (χ2v) is 5.13. The lowest BCUT2D eigenvalue weighted by atomic mass is 10.1. The van der Waals surface area contributed by atoms with Crippen molar-refractivity contribution >= 4 is 11.7 Å². The fourth-order valence-electron chi connectivity index (χ4n) is 2.47. The van der Waals surface area contributed by atoms with E-state index in [-0.39, 0.29) is 17.8 Å². The number of rotatable bonds is 6. The summed E-state index contributed by atoms with van der Waals surface area (Å²) >= 11 is 0. The third-order valence-electron chi connectivity index (χ3n) is 3.72. The number of nitrogens with zero attached hydrogens (tertiary/aromatic N) is 1. The van der Waals surface area contributed by atoms with Crippen LogP contribution in [0.1, 0.15) is 36.0 Å². The molecule has 20 heavy (non-hydrogen) atoms. The molecule has 4 heteroatoms. The molecular weight excluding hydrogens is 254 g/mol. The van der Waals surface area contributed by atoms with E-state index >= 15 is 0 Å². The van der Waals surface area contributed by atoms with Gasteiger partial charge in [-0.15, -0.1) is 0 Å². The van der Waals surface area contributed by atoms with Crippen molar-refractivity contribution in [1.82, 2.24) is 4.90 Å². The van der Waals surface area contributed by atoms with E-state index in [2.05, 4.69) is 0 Å². The minimum Gasteiger partial charge on any atom is -0.380 e. The molecular formula is C16H21NO3. The number of carbonyl (C=O) groups is 2. The molecule has 1 saturated heterocycles. The van der Waals surface area contributed by atoms with Crippen LogP contribution in [0.4, 0.5) is 0 Å². The number of carbonyl (C=O) groups excluding carboxylic acids is 2. The van der Waals surface area contributed by atoms with E-state index in [1.54, 1.807) is 7.11 Å². The summed E-state index contributed by atoms with van der Waals surface area (Å²) < 4.78 is 5.24. The van der Waals surface area contributed by atoms with Crippen LogP contribution in [0.25, 0.3) is 0 Å². The van der Waals surface area contributed by atoms with Gasteiger partial charge in [-0.1, -0.05) is 30.3 Å². The molecule has 0 N–H and O–H groups in total. The predicted octanol–water partition coefficient (Wildman–Crippen LogP) is 2.29. The molecule has 1 amide bonds. The topological polar surface area (TPSA) is 46.6 Å². The van der Waals surface area contributed by atoms with E-state index in [1.165, 1.54) is 0 Å². The standard InChI is InChI=1S/C16H21NO3/c1-20-14-10-11-17(12-14)16(19)9-5-8-15(18)13-6-3-2-4-7-13/h2-4,6-7,14H,5,8-12H2,1H3. The van der Waals surface area contributed by atoms with Crippen molar-refractivity contribution in [2.75, 3.05) is 20.2 Å². The lowest BCUT2D eigenvalue weighted by Crippen LogP contribution is -2.29. The number of methoxy groups -OCH3 is 1. The fraction of sp³-hybridized carbons (Fsp3) is 0.500. The third-order valence-corrected chi connectivity index (χ3v) is 3.72. The van der Waals surface area contributed by atoms with E-state index in [1.807, 2.05) is 35.2 Å². The number of benzene rings is 1. The quantitative estimate of drug-likeness (QED) is 0.748. The van der Waals surface area contributed by atoms with Crippen LogP contribution in [-0.2, 0) is 9.53 Å². The summed E-state index contributed by atoms with van der Waals surface area (Å²) in [5, 5.41) is 0. The van der Waals surface area contributed by atoms with Crippen LogP contribution in [-0.4, -0.2) is 42.9 Å². The van der Waals surface area contributed by atoms with Crippen molar-refractivity contribution in [3.05, 3.63) is 35.9 Å². The van der Waals surface area contributed by atoms with Crippen LogP contribution in [0, 0.1) is 0 Å². The second kappa shape index (κ2) is 7.20. The Morgan fingerprint density at radius 3 is 2.65 bits per heavy atom. The summed E-state index contributed by atoms with van der Waals surface area (Å²) in [5.74, 6) is 0.236. The Morgan fingerprint density at radius 2 is 2.00 bits per heavy atom. The largest absolute Gasteiger partial charge is 0.380 e. The fourth-order valence-corrected chi connectivity index (χ4v) is 2.47. The number of hydrogen-bond donors (Lipinski definition) is 0. The lowest BCUT2D eigenvalue weighted by Gasteiger charge is -2.15. The highest BCUT2D eigenvalue weighted by atomic mass is 16.5. The molecule has 0 aliphatic carbocycles. The first-order valence-electron chi connectivity index (χ1n) is 7.09. The number of ether oxygens (including phenoxy) is 1. The highest BCUT2D eigenvalue weighted by Crippen LogP contribution is 2.14. The van der Waals surface area contributed by atoms with Gasteiger partial charge in [-0.25, -0.2) is 0 Å². The van der Waals surface area contributed by atoms with Gasteiger partial charge in [0, 0.05) is 38.6 Å². The average Bonchev–Trinajstić information content (AvgIpc) is 2.97. The Kier molecular flexibility index (Phi) is 5.30. The number of Topliss-reactive ketones (excluding diaryl/α,β-unsaturated/α-hetero) is 1. The second-order valence-electron chi connectivity index (χ2n) is 5.13. The molecule has 1 unspecified atom stereocenters. The van der Waals surface area contributed by atoms with Crippen LogP contribution in [0.5, 0.6) is 0 Å². The van der Waals surface area contributed by atoms with E-state index in [0.29, 0.717) is 25.8 Å². The molecule has 1 atom stereocenters. The van der Waals surface area contributed by atoms with Crippen LogP contribution in [0.3, 0.4) is 0 Å². The Hall–Kier alpha value is -1.68. The van der Waals surface area contributed by atoms with Gasteiger partial charge in [0.2, 0.25) is 5.91 Å². The van der Waals surface area contributed by atoms with Crippen LogP contribution < -0.4 is 0 Å². The summed E-state index contributed by atoms with van der Waals surface area (Å²) in [7, 11) is 1.68. The molecule has 0 aromatic heterocycles. The van der Waals surface area contributed by atoms with Gasteiger partial charge in [-0.3, -0.25) is 9.59 Å². The van der Waals surface area contributed by atoms with Gasteiger partial charge in [0.25, 0.3) is 0 Å². The Bertz CT molecular complexity index is 458. The molecule has 1 fully saturated rings. The molecule has 1 heterocycles. The summed E-state index contributed by atoms with van der Waals surface area (Å²) in [5.41, 5.74) is 0.723. The van der Waals surface area contributed by atoms with Crippen molar-refractivity contribution in [1.29, 1.82) is 0 Å². The SMILES string of the molecule is COC1CCN(C(=O)CCCC(=O)c2ccccc2)C1. The first-order valence-corrected chi connectivity index (χ1v) is 7.09. The maximum Gasteiger partial charge on any atom is 0.222 e. The zero-order valence-electron chi connectivity index (χ0n) is 11.9. The summed E-state index contributed by atoms with van der Waals surface area (Å²) in [6, 6.07) is 9.22. The summed E-state index contributed by atoms with van der Waals surface area (Å²) in [4.78, 5) is 25.7. The van der Waals surface area contributed by atoms with Crippen molar-refractivity contribution in [2.24, 2.45) is 0 Å². The van der Waals surface area contributed by atoms with E-state index in [9.17, 15) is 9.59 Å². The normalized spacial score (nSPS) is 18.2. The van der Waals surface area contributed by atoms with E-state index < -0.39 is 0 Å². The zero-order chi connectivity index (χ0) is 14.4. The molecule has 0 radical (unpaired) electrons. The van der Waals surface area contributed by atoms with Crippen molar-refractivity contribution < 1.29 is 14.3 Å². The van der Waals surface area contributed by atoms with Gasteiger partial charge >= 0.3 is 0 Å². The predicted molar refractivity (Wildman–Crippen MR) is 76.6 cm³/mol. The summed E-state index contributed by atoms with van der Waals surface area (Å²) in [6.07, 6.45) is 2.56. The van der Waals surface area contributed by atoms with Crippen molar-refractivity contribution in [3.8, 4) is 0 Å². The van der Waals surface area contributed by atoms with Gasteiger partial charge in [0.1, 0.15) is 0 Å². The minimum atomic E-state index is 0.106. The van der Waals surface area contributed by atoms with Gasteiger partial charge in [-0.2, -0.15) is 0 Å². The van der Waals surface area contributed by atoms with Crippen LogP contribution >= 0.6 is 0 Å². The first kappa shape index (κ1) is 14.7. The highest BCUT2D eigenvalue weighted by molar-refractivity contribution is 5.96. The Balaban J connectivity index is 1.71. The highest BCUT2D eigenvalue weighted by Gasteiger charge is 2.25. The zero-order valence-corrected chi connectivity index (χ0v) is 11.9. The van der Waals surface area contributed by atoms with Crippen LogP contribution in [0.15, 0.2) is 30.3 Å². The third kappa shape index (κ3) is 3.90. The van der Waals surface area contributed by atoms with Gasteiger partial charge in [0.05, 0.1) is 6.10 Å². The Labute approximate surface area is 119 Å². The van der Waals surface area contributed by atoms with Crippen LogP contribution in [0.2, 0.25) is 0 Å². The van der Waals surface area contributed by atoms with E-state index in [4.69, 9.17) is 4.74 Å². The number of likely N-dealkylation sites (tertiary alicyclic amines) is 1. The number of ketones is 1. The molecule has 0 saturated carbocycles. The lowest BCUT2D eigenvalue weighted by molar-refractivity contribution is -0.130. The monoisotopic (exact) mass is 275 g/mol. The average molecular weight is 275 g/mol. The first-order chi connectivity index (χ1) is 9.70. The molecule has 4 nitrogen and oxygen atoms in total. The van der Waals surface area contributed by atoms with Gasteiger partial charge < -0.3 is 9.64 Å². The molecule has 2 rings (SSSR count). The van der Waals surface area contributed by atoms with Crippen molar-refractivity contribution in [3.63, 3.8) is 0 Å². The van der Waals surface area contributed by atoms with Crippen molar-refractivity contribution in [2.45, 2.75) is 31.8 Å². The van der Waals surface area contributed by atoms with Gasteiger partial charge in [0.15, 0.2) is 5.78 Å². The summed E-state index contributed by atoms with van der Waals surface area (Å²) in [6.45, 7) is 1.45. The molecule has 1 aromatic carbocycles. The number of hydrogen-bond acceptors (Lipinski definition) is 3. The van der Waals surface area contributed by atoms with Gasteiger partial charge in [-0.05, 0) is 12.8 Å². The Morgan fingerprint density at radius 1 is 1.25 bits per heavy atom. The molecule has 1 aliphatic rings. The molecule has 1 aromatic rings. The smallest absolute Gasteiger partial charge is 0.222 e. The maximum atomic E-state index is 12.0. The molecule has 0 spiro atoms. The number of amides is 1. The maximum absolute atomic E-state index is 12.0.